The van der Waals surface area contributed by atoms with Crippen LogP contribution in [0.15, 0.2) is 18.3 Å². The van der Waals surface area contributed by atoms with Gasteiger partial charge in [-0.1, -0.05) is 0 Å². The van der Waals surface area contributed by atoms with Crippen molar-refractivity contribution in [2.45, 2.75) is 58.6 Å². The molecule has 0 saturated heterocycles. The molecule has 0 spiro atoms. The van der Waals surface area contributed by atoms with Crippen LogP contribution in [0.25, 0.3) is 5.65 Å². The summed E-state index contributed by atoms with van der Waals surface area (Å²) in [6.07, 6.45) is 3.96. The van der Waals surface area contributed by atoms with Crippen LogP contribution in [0, 0.1) is 0 Å². The zero-order chi connectivity index (χ0) is 18.0. The number of imidazole rings is 1. The second-order valence-electron chi connectivity index (χ2n) is 7.09. The first-order valence-electron chi connectivity index (χ1n) is 9.01. The Kier molecular flexibility index (Phi) is 5.11. The molecule has 2 aromatic rings. The summed E-state index contributed by atoms with van der Waals surface area (Å²) >= 11 is 0. The first kappa shape index (κ1) is 17.5. The third kappa shape index (κ3) is 4.21. The number of rotatable bonds is 7. The summed E-state index contributed by atoms with van der Waals surface area (Å²) in [5, 5.41) is 7.94. The van der Waals surface area contributed by atoms with Crippen molar-refractivity contribution in [2.24, 2.45) is 0 Å². The summed E-state index contributed by atoms with van der Waals surface area (Å²) in [7, 11) is 0. The largest absolute Gasteiger partial charge is 0.447 e. The minimum Gasteiger partial charge on any atom is -0.447 e. The van der Waals surface area contributed by atoms with E-state index in [1.54, 1.807) is 4.90 Å². The molecule has 0 aromatic carbocycles. The summed E-state index contributed by atoms with van der Waals surface area (Å²) in [6, 6.07) is 3.97. The van der Waals surface area contributed by atoms with Crippen LogP contribution < -0.4 is 5.32 Å². The van der Waals surface area contributed by atoms with Gasteiger partial charge in [0.1, 0.15) is 5.82 Å². The molecule has 25 heavy (non-hydrogen) atoms. The summed E-state index contributed by atoms with van der Waals surface area (Å²) in [6.45, 7) is 8.85. The molecule has 1 aliphatic rings. The lowest BCUT2D eigenvalue weighted by Gasteiger charge is -2.27. The third-order valence-corrected chi connectivity index (χ3v) is 4.24. The van der Waals surface area contributed by atoms with E-state index in [9.17, 15) is 4.79 Å². The Hall–Kier alpha value is -2.31. The van der Waals surface area contributed by atoms with Gasteiger partial charge in [0.15, 0.2) is 5.65 Å². The average molecular weight is 345 g/mol. The van der Waals surface area contributed by atoms with Crippen molar-refractivity contribution < 1.29 is 9.53 Å². The Bertz CT molecular complexity index is 736. The summed E-state index contributed by atoms with van der Waals surface area (Å²) in [5.74, 6) is 1.38. The maximum atomic E-state index is 12.2. The van der Waals surface area contributed by atoms with Gasteiger partial charge in [-0.3, -0.25) is 0 Å². The lowest BCUT2D eigenvalue weighted by molar-refractivity contribution is 0.0693. The van der Waals surface area contributed by atoms with E-state index in [1.165, 1.54) is 18.5 Å². The van der Waals surface area contributed by atoms with Gasteiger partial charge in [-0.25, -0.2) is 14.3 Å². The molecule has 0 atom stereocenters. The van der Waals surface area contributed by atoms with Gasteiger partial charge in [0.05, 0.1) is 18.0 Å². The first-order chi connectivity index (χ1) is 12.0. The van der Waals surface area contributed by atoms with Crippen molar-refractivity contribution in [1.29, 1.82) is 0 Å². The molecule has 2 heterocycles. The Morgan fingerprint density at radius 2 is 2.12 bits per heavy atom. The van der Waals surface area contributed by atoms with Crippen LogP contribution in [-0.4, -0.2) is 50.8 Å². The fraction of sp³-hybridized carbons (Fsp3) is 0.611. The number of carbonyl (C=O) groups excluding carboxylic acids is 1. The zero-order valence-corrected chi connectivity index (χ0v) is 15.4. The Labute approximate surface area is 148 Å². The number of fused-ring (bicyclic) bond motifs is 1. The molecule has 2 aromatic heterocycles. The standard InChI is InChI=1S/C18H27N5O2/c1-12(2)22(18(24)25-13(3)4)10-9-19-16-7-8-17-20-11-15(14-5-6-14)23(17)21-16/h7-8,11-14H,5-6,9-10H2,1-4H3,(H,19,21). The smallest absolute Gasteiger partial charge is 0.410 e. The highest BCUT2D eigenvalue weighted by molar-refractivity contribution is 5.68. The van der Waals surface area contributed by atoms with Crippen LogP contribution in [0.5, 0.6) is 0 Å². The highest BCUT2D eigenvalue weighted by Crippen LogP contribution is 2.39. The fourth-order valence-corrected chi connectivity index (χ4v) is 2.78. The van der Waals surface area contributed by atoms with E-state index in [4.69, 9.17) is 4.74 Å². The maximum Gasteiger partial charge on any atom is 0.410 e. The van der Waals surface area contributed by atoms with E-state index in [1.807, 2.05) is 50.5 Å². The molecule has 0 aliphatic heterocycles. The van der Waals surface area contributed by atoms with Gasteiger partial charge >= 0.3 is 6.09 Å². The Balaban J connectivity index is 1.61. The third-order valence-electron chi connectivity index (χ3n) is 4.24. The zero-order valence-electron chi connectivity index (χ0n) is 15.4. The van der Waals surface area contributed by atoms with Gasteiger partial charge < -0.3 is 15.0 Å². The van der Waals surface area contributed by atoms with Gasteiger partial charge in [0.25, 0.3) is 0 Å². The number of carbonyl (C=O) groups is 1. The van der Waals surface area contributed by atoms with Crippen LogP contribution >= 0.6 is 0 Å². The number of ether oxygens (including phenoxy) is 1. The van der Waals surface area contributed by atoms with Crippen LogP contribution in [0.2, 0.25) is 0 Å². The molecule has 0 radical (unpaired) electrons. The fourth-order valence-electron chi connectivity index (χ4n) is 2.78. The molecule has 1 saturated carbocycles. The molecular formula is C18H27N5O2. The topological polar surface area (TPSA) is 71.8 Å². The Morgan fingerprint density at radius 1 is 1.36 bits per heavy atom. The van der Waals surface area contributed by atoms with Gasteiger partial charge in [-0.15, -0.1) is 5.10 Å². The monoisotopic (exact) mass is 345 g/mol. The summed E-state index contributed by atoms with van der Waals surface area (Å²) < 4.78 is 7.23. The molecule has 7 nitrogen and oxygen atoms in total. The molecule has 7 heteroatoms. The van der Waals surface area contributed by atoms with Crippen molar-refractivity contribution in [3.05, 3.63) is 24.0 Å². The quantitative estimate of drug-likeness (QED) is 0.834. The van der Waals surface area contributed by atoms with E-state index in [-0.39, 0.29) is 18.2 Å². The Morgan fingerprint density at radius 3 is 2.76 bits per heavy atom. The predicted octanol–water partition coefficient (Wildman–Crippen LogP) is 3.27. The molecule has 1 fully saturated rings. The number of nitrogens with zero attached hydrogens (tertiary/aromatic N) is 4. The first-order valence-corrected chi connectivity index (χ1v) is 9.01. The number of anilines is 1. The molecule has 1 amide bonds. The van der Waals surface area contributed by atoms with E-state index < -0.39 is 0 Å². The van der Waals surface area contributed by atoms with Crippen molar-refractivity contribution in [3.63, 3.8) is 0 Å². The highest BCUT2D eigenvalue weighted by Gasteiger charge is 2.27. The normalized spacial score (nSPS) is 14.3. The molecule has 0 unspecified atom stereocenters. The second kappa shape index (κ2) is 7.29. The number of amides is 1. The van der Waals surface area contributed by atoms with Crippen LogP contribution in [-0.2, 0) is 4.74 Å². The number of nitrogens with one attached hydrogen (secondary N) is 1. The van der Waals surface area contributed by atoms with Gasteiger partial charge in [-0.2, -0.15) is 0 Å². The van der Waals surface area contributed by atoms with Crippen LogP contribution in [0.4, 0.5) is 10.6 Å². The van der Waals surface area contributed by atoms with Crippen molar-refractivity contribution in [3.8, 4) is 0 Å². The highest BCUT2D eigenvalue weighted by atomic mass is 16.6. The van der Waals surface area contributed by atoms with Gasteiger partial charge in [0, 0.05) is 25.0 Å². The predicted molar refractivity (Wildman–Crippen MR) is 96.9 cm³/mol. The van der Waals surface area contributed by atoms with E-state index >= 15 is 0 Å². The van der Waals surface area contributed by atoms with E-state index in [2.05, 4.69) is 15.4 Å². The number of aromatic nitrogens is 3. The molecule has 1 aliphatic carbocycles. The van der Waals surface area contributed by atoms with Crippen molar-refractivity contribution in [1.82, 2.24) is 19.5 Å². The van der Waals surface area contributed by atoms with E-state index in [0.29, 0.717) is 19.0 Å². The molecule has 136 valence electrons. The summed E-state index contributed by atoms with van der Waals surface area (Å²) in [5.41, 5.74) is 2.06. The number of hydrogen-bond donors (Lipinski definition) is 1. The molecule has 0 bridgehead atoms. The average Bonchev–Trinajstić information content (AvgIpc) is 3.30. The second-order valence-corrected chi connectivity index (χ2v) is 7.09. The lowest BCUT2D eigenvalue weighted by Crippen LogP contribution is -2.41. The van der Waals surface area contributed by atoms with Crippen molar-refractivity contribution in [2.75, 3.05) is 18.4 Å². The summed E-state index contributed by atoms with van der Waals surface area (Å²) in [4.78, 5) is 18.3. The maximum absolute atomic E-state index is 12.2. The van der Waals surface area contributed by atoms with Crippen LogP contribution in [0.1, 0.15) is 52.1 Å². The molecular weight excluding hydrogens is 318 g/mol. The van der Waals surface area contributed by atoms with E-state index in [0.717, 1.165) is 11.5 Å². The van der Waals surface area contributed by atoms with Crippen molar-refractivity contribution >= 4 is 17.6 Å². The minimum absolute atomic E-state index is 0.0820. The van der Waals surface area contributed by atoms with Gasteiger partial charge in [-0.05, 0) is 52.7 Å². The minimum atomic E-state index is -0.277. The van der Waals surface area contributed by atoms with Gasteiger partial charge in [0.2, 0.25) is 0 Å². The molecule has 3 rings (SSSR count). The lowest BCUT2D eigenvalue weighted by atomic mass is 10.3. The van der Waals surface area contributed by atoms with Crippen LogP contribution in [0.3, 0.4) is 0 Å². The SMILES string of the molecule is CC(C)OC(=O)N(CCNc1ccc2ncc(C3CC3)n2n1)C(C)C. The number of hydrogen-bond acceptors (Lipinski definition) is 5. The molecule has 1 N–H and O–H groups in total.